The lowest BCUT2D eigenvalue weighted by molar-refractivity contribution is 0.0547. The molecule has 0 saturated heterocycles. The molecule has 2 aromatic rings. The van der Waals surface area contributed by atoms with Crippen molar-refractivity contribution in [2.45, 2.75) is 23.6 Å². The van der Waals surface area contributed by atoms with Crippen LogP contribution in [0.3, 0.4) is 0 Å². The molecule has 0 radical (unpaired) electrons. The van der Waals surface area contributed by atoms with Crippen molar-refractivity contribution in [2.24, 2.45) is 0 Å². The van der Waals surface area contributed by atoms with Gasteiger partial charge in [0, 0.05) is 26.3 Å². The molecule has 2 rings (SSSR count). The van der Waals surface area contributed by atoms with E-state index in [9.17, 15) is 23.7 Å². The first-order valence-corrected chi connectivity index (χ1v) is 13.1. The van der Waals surface area contributed by atoms with Gasteiger partial charge in [-0.2, -0.15) is 10.5 Å². The average Bonchev–Trinajstić information content (AvgIpc) is 2.85. The molecule has 12 heteroatoms. The predicted octanol–water partition coefficient (Wildman–Crippen LogP) is 4.74. The van der Waals surface area contributed by atoms with Crippen molar-refractivity contribution in [1.29, 1.82) is 10.5 Å². The zero-order valence-corrected chi connectivity index (χ0v) is 22.1. The first-order valence-electron chi connectivity index (χ1n) is 10.5. The van der Waals surface area contributed by atoms with Crippen LogP contribution in [0.15, 0.2) is 34.1 Å². The Morgan fingerprint density at radius 2 is 1.46 bits per heavy atom. The van der Waals surface area contributed by atoms with Gasteiger partial charge in [0.1, 0.15) is 17.0 Å². The van der Waals surface area contributed by atoms with Gasteiger partial charge in [0.15, 0.2) is 0 Å². The van der Waals surface area contributed by atoms with E-state index in [1.54, 1.807) is 12.1 Å². The van der Waals surface area contributed by atoms with Gasteiger partial charge in [-0.05, 0) is 26.0 Å². The van der Waals surface area contributed by atoms with Gasteiger partial charge in [0.25, 0.3) is 5.91 Å². The third-order valence-corrected chi connectivity index (χ3v) is 8.21. The molecule has 0 atom stereocenters. The van der Waals surface area contributed by atoms with Crippen LogP contribution in [0.5, 0.6) is 0 Å². The highest BCUT2D eigenvalue weighted by Gasteiger charge is 2.34. The average molecular weight is 559 g/mol. The molecule has 0 aliphatic carbocycles. The second kappa shape index (κ2) is 13.1. The van der Waals surface area contributed by atoms with Crippen molar-refractivity contribution in [3.63, 3.8) is 0 Å². The predicted molar refractivity (Wildman–Crippen MR) is 132 cm³/mol. The summed E-state index contributed by atoms with van der Waals surface area (Å²) >= 11 is 18.3. The lowest BCUT2D eigenvalue weighted by Gasteiger charge is -2.24. The molecule has 0 bridgehead atoms. The molecule has 0 heterocycles. The van der Waals surface area contributed by atoms with Crippen LogP contribution in [0, 0.1) is 22.7 Å². The van der Waals surface area contributed by atoms with E-state index >= 15 is 0 Å². The zero-order valence-electron chi connectivity index (χ0n) is 19.0. The Balaban J connectivity index is 2.69. The highest BCUT2D eigenvalue weighted by Crippen LogP contribution is 2.43. The molecule has 0 unspecified atom stereocenters. The Kier molecular flexibility index (Phi) is 10.8. The minimum Gasteiger partial charge on any atom is -0.380 e. The summed E-state index contributed by atoms with van der Waals surface area (Å²) in [6.45, 7) is 5.42. The molecule has 0 saturated carbocycles. The smallest absolute Gasteiger partial charge is 0.255 e. The Bertz CT molecular complexity index is 1280. The first kappa shape index (κ1) is 28.9. The number of carbonyl (C=O) groups excluding carboxylic acids is 1. The number of carbonyl (C=O) groups is 1. The SMILES string of the molecule is CCOCCN(CCOCC)C(=O)c1ccccc1S(=O)(=O)c1c(Cl)c(Cl)c(Cl)c(C#N)c1C#N. The molecule has 186 valence electrons. The van der Waals surface area contributed by atoms with Crippen molar-refractivity contribution >= 4 is 50.5 Å². The summed E-state index contributed by atoms with van der Waals surface area (Å²) in [6.07, 6.45) is 0. The van der Waals surface area contributed by atoms with Gasteiger partial charge in [-0.1, -0.05) is 46.9 Å². The van der Waals surface area contributed by atoms with E-state index in [2.05, 4.69) is 0 Å². The van der Waals surface area contributed by atoms with Crippen molar-refractivity contribution < 1.29 is 22.7 Å². The molecule has 35 heavy (non-hydrogen) atoms. The number of nitrogens with zero attached hydrogens (tertiary/aromatic N) is 3. The fraction of sp³-hybridized carbons (Fsp3) is 0.348. The number of sulfone groups is 1. The fourth-order valence-corrected chi connectivity index (χ4v) is 5.91. The minimum absolute atomic E-state index is 0.148. The van der Waals surface area contributed by atoms with Crippen LogP contribution >= 0.6 is 34.8 Å². The van der Waals surface area contributed by atoms with Gasteiger partial charge in [0.2, 0.25) is 9.84 Å². The topological polar surface area (TPSA) is 120 Å². The Morgan fingerprint density at radius 1 is 0.914 bits per heavy atom. The number of benzene rings is 2. The summed E-state index contributed by atoms with van der Waals surface area (Å²) in [5.74, 6) is -0.584. The van der Waals surface area contributed by atoms with Crippen molar-refractivity contribution in [2.75, 3.05) is 39.5 Å². The fourth-order valence-electron chi connectivity index (χ4n) is 3.21. The second-order valence-electron chi connectivity index (χ2n) is 6.93. The number of halogens is 3. The van der Waals surface area contributed by atoms with E-state index in [1.165, 1.54) is 29.2 Å². The largest absolute Gasteiger partial charge is 0.380 e. The van der Waals surface area contributed by atoms with Gasteiger partial charge in [-0.15, -0.1) is 0 Å². The summed E-state index contributed by atoms with van der Waals surface area (Å²) in [5.41, 5.74) is -1.13. The molecule has 0 fully saturated rings. The summed E-state index contributed by atoms with van der Waals surface area (Å²) in [5, 5.41) is 17.9. The number of nitriles is 2. The number of hydrogen-bond donors (Lipinski definition) is 0. The third kappa shape index (κ3) is 6.25. The number of amides is 1. The standard InChI is InChI=1S/C23H22Cl3N3O5S/c1-3-33-11-9-29(10-12-34-4-2)23(30)15-7-5-6-8-18(15)35(31,32)22-17(14-28)16(13-27)19(24)20(25)21(22)26/h5-8H,3-4,9-12H2,1-2H3. The van der Waals surface area contributed by atoms with Crippen LogP contribution in [0.2, 0.25) is 15.1 Å². The molecule has 0 aliphatic rings. The lowest BCUT2D eigenvalue weighted by Crippen LogP contribution is -2.37. The number of rotatable bonds is 11. The Morgan fingerprint density at radius 3 is 1.97 bits per heavy atom. The van der Waals surface area contributed by atoms with E-state index in [1.807, 2.05) is 13.8 Å². The number of ether oxygens (including phenoxy) is 2. The molecule has 0 aliphatic heterocycles. The summed E-state index contributed by atoms with van der Waals surface area (Å²) in [6, 6.07) is 8.89. The van der Waals surface area contributed by atoms with Gasteiger partial charge in [-0.25, -0.2) is 8.42 Å². The maximum Gasteiger partial charge on any atom is 0.255 e. The van der Waals surface area contributed by atoms with E-state index in [0.717, 1.165) is 0 Å². The Hall–Kier alpha value is -2.37. The monoisotopic (exact) mass is 557 g/mol. The van der Waals surface area contributed by atoms with E-state index in [0.29, 0.717) is 13.2 Å². The van der Waals surface area contributed by atoms with Crippen molar-refractivity contribution in [3.05, 3.63) is 56.0 Å². The first-order chi connectivity index (χ1) is 16.7. The van der Waals surface area contributed by atoms with Gasteiger partial charge in [-0.3, -0.25) is 4.79 Å². The summed E-state index contributed by atoms with van der Waals surface area (Å²) < 4.78 is 38.2. The van der Waals surface area contributed by atoms with Crippen molar-refractivity contribution in [3.8, 4) is 12.1 Å². The molecule has 0 spiro atoms. The van der Waals surface area contributed by atoms with Crippen LogP contribution in [0.4, 0.5) is 0 Å². The molecule has 2 aromatic carbocycles. The van der Waals surface area contributed by atoms with Gasteiger partial charge < -0.3 is 14.4 Å². The van der Waals surface area contributed by atoms with Gasteiger partial charge in [0.05, 0.1) is 49.9 Å². The highest BCUT2D eigenvalue weighted by molar-refractivity contribution is 7.91. The summed E-state index contributed by atoms with van der Waals surface area (Å²) in [4.78, 5) is 13.8. The maximum atomic E-state index is 13.8. The molecular weight excluding hydrogens is 537 g/mol. The minimum atomic E-state index is -4.60. The van der Waals surface area contributed by atoms with Crippen LogP contribution in [-0.4, -0.2) is 58.7 Å². The van der Waals surface area contributed by atoms with Crippen LogP contribution in [-0.2, 0) is 19.3 Å². The molecule has 8 nitrogen and oxygen atoms in total. The Labute approximate surface area is 219 Å². The molecule has 0 N–H and O–H groups in total. The van der Waals surface area contributed by atoms with Gasteiger partial charge >= 0.3 is 0 Å². The van der Waals surface area contributed by atoms with Crippen LogP contribution in [0.25, 0.3) is 0 Å². The molecule has 0 aromatic heterocycles. The summed E-state index contributed by atoms with van der Waals surface area (Å²) in [7, 11) is -4.60. The zero-order chi connectivity index (χ0) is 26.2. The lowest BCUT2D eigenvalue weighted by atomic mass is 10.1. The quantitative estimate of drug-likeness (QED) is 0.288. The molecular formula is C23H22Cl3N3O5S. The van der Waals surface area contributed by atoms with Crippen LogP contribution < -0.4 is 0 Å². The normalized spacial score (nSPS) is 11.1. The van der Waals surface area contributed by atoms with E-state index in [-0.39, 0.29) is 41.9 Å². The van der Waals surface area contributed by atoms with Crippen molar-refractivity contribution in [1.82, 2.24) is 4.90 Å². The second-order valence-corrected chi connectivity index (χ2v) is 9.92. The van der Waals surface area contributed by atoms with E-state index in [4.69, 9.17) is 44.3 Å². The number of hydrogen-bond acceptors (Lipinski definition) is 7. The third-order valence-electron chi connectivity index (χ3n) is 4.89. The maximum absolute atomic E-state index is 13.8. The van der Waals surface area contributed by atoms with Crippen LogP contribution in [0.1, 0.15) is 35.3 Å². The highest BCUT2D eigenvalue weighted by atomic mass is 35.5. The molecule has 1 amide bonds. The van der Waals surface area contributed by atoms with E-state index < -0.39 is 41.7 Å².